The first-order valence-electron chi connectivity index (χ1n) is 9.28. The van der Waals surface area contributed by atoms with E-state index in [1.54, 1.807) is 52.9 Å². The van der Waals surface area contributed by atoms with E-state index in [2.05, 4.69) is 25.4 Å². The fourth-order valence-electron chi connectivity index (χ4n) is 3.19. The average molecular weight is 519 g/mol. The minimum absolute atomic E-state index is 0.114. The minimum atomic E-state index is -3.94. The summed E-state index contributed by atoms with van der Waals surface area (Å²) in [6, 6.07) is 14.5. The van der Waals surface area contributed by atoms with Crippen molar-refractivity contribution in [3.63, 3.8) is 0 Å². The van der Waals surface area contributed by atoms with Gasteiger partial charge in [-0.1, -0.05) is 46.3 Å². The van der Waals surface area contributed by atoms with Gasteiger partial charge in [-0.25, -0.2) is 8.42 Å². The number of sulfonamides is 1. The first kappa shape index (κ1) is 21.5. The smallest absolute Gasteiger partial charge is 0.264 e. The lowest BCUT2D eigenvalue weighted by molar-refractivity contribution is 0.0786. The zero-order valence-corrected chi connectivity index (χ0v) is 19.7. The van der Waals surface area contributed by atoms with E-state index < -0.39 is 10.0 Å². The molecule has 160 valence electrons. The summed E-state index contributed by atoms with van der Waals surface area (Å²) in [7, 11) is -2.25. The second kappa shape index (κ2) is 8.81. The molecule has 10 heteroatoms. The summed E-state index contributed by atoms with van der Waals surface area (Å²) in [5, 5.41) is 0. The van der Waals surface area contributed by atoms with Crippen LogP contribution in [-0.4, -0.2) is 30.6 Å². The van der Waals surface area contributed by atoms with Gasteiger partial charge in [0.05, 0.1) is 29.1 Å². The molecule has 2 aliphatic rings. The summed E-state index contributed by atoms with van der Waals surface area (Å²) in [5.74, 6) is -0.287. The number of carbonyl (C=O) groups excluding carboxylic acids is 1. The highest BCUT2D eigenvalue weighted by atomic mass is 79.9. The molecule has 4 rings (SSSR count). The van der Waals surface area contributed by atoms with Gasteiger partial charge in [-0.2, -0.15) is 0 Å². The fraction of sp³-hybridized carbons (Fsp3) is 0.0952. The molecular weight excluding hydrogens is 500 g/mol. The van der Waals surface area contributed by atoms with Crippen molar-refractivity contribution in [2.24, 2.45) is 0 Å². The quantitative estimate of drug-likeness (QED) is 0.558. The molecule has 2 heterocycles. The summed E-state index contributed by atoms with van der Waals surface area (Å²) >= 11 is 4.64. The molecule has 0 saturated heterocycles. The topological polar surface area (TPSA) is 81.8 Å². The van der Waals surface area contributed by atoms with Gasteiger partial charge in [0.1, 0.15) is 4.91 Å². The summed E-state index contributed by atoms with van der Waals surface area (Å²) in [6.07, 6.45) is 6.58. The molecule has 7 nitrogen and oxygen atoms in total. The molecule has 31 heavy (non-hydrogen) atoms. The molecule has 0 bridgehead atoms. The lowest BCUT2D eigenvalue weighted by atomic mass is 10.1. The number of hydrogen-bond donors (Lipinski definition) is 2. The van der Waals surface area contributed by atoms with E-state index >= 15 is 0 Å². The number of carbonyl (C=O) groups is 1. The number of hydrogen-bond acceptors (Lipinski definition) is 6. The van der Waals surface area contributed by atoms with E-state index in [1.165, 1.54) is 18.2 Å². The first-order valence-corrected chi connectivity index (χ1v) is 12.3. The second-order valence-electron chi connectivity index (χ2n) is 6.88. The van der Waals surface area contributed by atoms with Crippen molar-refractivity contribution in [2.75, 3.05) is 11.8 Å². The minimum Gasteiger partial charge on any atom is -0.337 e. The molecule has 2 aliphatic heterocycles. The fourth-order valence-corrected chi connectivity index (χ4v) is 5.52. The molecule has 2 aromatic rings. The normalized spacial score (nSPS) is 15.0. The third kappa shape index (κ3) is 4.65. The van der Waals surface area contributed by atoms with Crippen LogP contribution in [0.1, 0.15) is 15.9 Å². The van der Waals surface area contributed by atoms with Crippen molar-refractivity contribution < 1.29 is 13.2 Å². The number of halogens is 1. The van der Waals surface area contributed by atoms with E-state index in [1.807, 2.05) is 30.3 Å². The molecule has 0 unspecified atom stereocenters. The second-order valence-corrected chi connectivity index (χ2v) is 10.3. The maximum absolute atomic E-state index is 13.2. The number of anilines is 1. The highest BCUT2D eigenvalue weighted by Crippen LogP contribution is 2.34. The maximum atomic E-state index is 13.2. The van der Waals surface area contributed by atoms with Crippen LogP contribution < -0.4 is 9.44 Å². The molecule has 0 radical (unpaired) electrons. The number of allylic oxidation sites excluding steroid dienone is 2. The lowest BCUT2D eigenvalue weighted by Gasteiger charge is -2.22. The molecule has 0 saturated carbocycles. The zero-order chi connectivity index (χ0) is 22.0. The Balaban J connectivity index is 1.62. The Morgan fingerprint density at radius 1 is 1.23 bits per heavy atom. The Labute approximate surface area is 193 Å². The van der Waals surface area contributed by atoms with Crippen molar-refractivity contribution in [3.8, 4) is 0 Å². The van der Waals surface area contributed by atoms with Gasteiger partial charge in [-0.05, 0) is 35.9 Å². The van der Waals surface area contributed by atoms with Crippen molar-refractivity contribution in [2.45, 2.75) is 6.54 Å². The highest BCUT2D eigenvalue weighted by molar-refractivity contribution is 9.10. The van der Waals surface area contributed by atoms with Crippen LogP contribution in [0, 0.1) is 0 Å². The van der Waals surface area contributed by atoms with Crippen molar-refractivity contribution in [1.82, 2.24) is 13.9 Å². The number of benzene rings is 2. The standard InChI is InChI=1S/C21H19BrN4O3S2/c1-25(14-15-6-3-2-4-7-15)21(27)17-10-9-16(22)12-18(17)24-31(28,29)20-8-5-11-26-19(20)13-23-30-26/h2-13,23-24H,14H2,1H3. The molecule has 2 N–H and O–H groups in total. The van der Waals surface area contributed by atoms with Gasteiger partial charge >= 0.3 is 0 Å². The van der Waals surface area contributed by atoms with Crippen LogP contribution in [0.2, 0.25) is 0 Å². The molecule has 0 atom stereocenters. The number of fused-ring (bicyclic) bond motifs is 1. The van der Waals surface area contributed by atoms with E-state index in [-0.39, 0.29) is 22.1 Å². The van der Waals surface area contributed by atoms with Crippen LogP contribution in [-0.2, 0) is 16.6 Å². The van der Waals surface area contributed by atoms with E-state index in [0.717, 1.165) is 5.56 Å². The largest absolute Gasteiger partial charge is 0.337 e. The van der Waals surface area contributed by atoms with Gasteiger partial charge < -0.3 is 9.62 Å². The predicted molar refractivity (Wildman–Crippen MR) is 127 cm³/mol. The van der Waals surface area contributed by atoms with Crippen LogP contribution in [0.3, 0.4) is 0 Å². The van der Waals surface area contributed by atoms with Crippen LogP contribution in [0.5, 0.6) is 0 Å². The molecule has 1 amide bonds. The van der Waals surface area contributed by atoms with Crippen LogP contribution in [0.4, 0.5) is 5.69 Å². The number of nitrogens with one attached hydrogen (secondary N) is 2. The maximum Gasteiger partial charge on any atom is 0.264 e. The van der Waals surface area contributed by atoms with Crippen molar-refractivity contribution in [1.29, 1.82) is 0 Å². The van der Waals surface area contributed by atoms with Gasteiger partial charge in [0.15, 0.2) is 0 Å². The number of amides is 1. The van der Waals surface area contributed by atoms with Crippen LogP contribution in [0.25, 0.3) is 0 Å². The molecule has 0 fully saturated rings. The van der Waals surface area contributed by atoms with Crippen LogP contribution >= 0.6 is 28.1 Å². The summed E-state index contributed by atoms with van der Waals surface area (Å²) in [6.45, 7) is 0.405. The molecule has 0 spiro atoms. The Hall–Kier alpha value is -2.69. The Morgan fingerprint density at radius 3 is 2.77 bits per heavy atom. The molecule has 0 aromatic heterocycles. The number of nitrogens with zero attached hydrogens (tertiary/aromatic N) is 2. The molecular formula is C21H19BrN4O3S2. The Bertz CT molecular complexity index is 1210. The lowest BCUT2D eigenvalue weighted by Crippen LogP contribution is -2.28. The third-order valence-electron chi connectivity index (χ3n) is 4.66. The number of rotatable bonds is 6. The summed E-state index contributed by atoms with van der Waals surface area (Å²) in [5.41, 5.74) is 1.97. The van der Waals surface area contributed by atoms with Gasteiger partial charge in [-0.15, -0.1) is 0 Å². The monoisotopic (exact) mass is 518 g/mol. The van der Waals surface area contributed by atoms with Gasteiger partial charge in [0.2, 0.25) is 0 Å². The van der Waals surface area contributed by atoms with E-state index in [9.17, 15) is 13.2 Å². The SMILES string of the molecule is CN(Cc1ccccc1)C(=O)c1ccc(Br)cc1NS(=O)(=O)C1=CC=CN2SNC=C12. The zero-order valence-electron chi connectivity index (χ0n) is 16.4. The predicted octanol–water partition coefficient (Wildman–Crippen LogP) is 4.18. The van der Waals surface area contributed by atoms with Crippen LogP contribution in [0.15, 0.2) is 88.2 Å². The third-order valence-corrected chi connectivity index (χ3v) is 7.31. The molecule has 0 aliphatic carbocycles. The highest BCUT2D eigenvalue weighted by Gasteiger charge is 2.30. The van der Waals surface area contributed by atoms with Crippen molar-refractivity contribution in [3.05, 3.63) is 99.3 Å². The Morgan fingerprint density at radius 2 is 2.00 bits per heavy atom. The summed E-state index contributed by atoms with van der Waals surface area (Å²) in [4.78, 5) is 14.8. The van der Waals surface area contributed by atoms with E-state index in [4.69, 9.17) is 0 Å². The Kier molecular flexibility index (Phi) is 6.12. The van der Waals surface area contributed by atoms with Gasteiger partial charge in [-0.3, -0.25) is 13.8 Å². The first-order chi connectivity index (χ1) is 14.8. The average Bonchev–Trinajstić information content (AvgIpc) is 3.22. The molecule has 2 aromatic carbocycles. The van der Waals surface area contributed by atoms with Crippen molar-refractivity contribution >= 4 is 49.7 Å². The van der Waals surface area contributed by atoms with E-state index in [0.29, 0.717) is 16.7 Å². The summed E-state index contributed by atoms with van der Waals surface area (Å²) < 4.78 is 34.3. The van der Waals surface area contributed by atoms with Gasteiger partial charge in [0.25, 0.3) is 15.9 Å². The van der Waals surface area contributed by atoms with Gasteiger partial charge in [0, 0.05) is 30.5 Å².